The van der Waals surface area contributed by atoms with Gasteiger partial charge >= 0.3 is 0 Å². The first-order valence-corrected chi connectivity index (χ1v) is 5.77. The minimum Gasteiger partial charge on any atom is -0.496 e. The Bertz CT molecular complexity index is 399. The number of ether oxygens (including phenoxy) is 1. The van der Waals surface area contributed by atoms with E-state index in [0.29, 0.717) is 6.54 Å². The Balaban J connectivity index is 3.53. The highest BCUT2D eigenvalue weighted by molar-refractivity contribution is 6.32. The summed E-state index contributed by atoms with van der Waals surface area (Å²) in [6.45, 7) is 8.76. The summed E-state index contributed by atoms with van der Waals surface area (Å²) in [5.41, 5.74) is 8.89. The molecule has 0 aromatic heterocycles. The van der Waals surface area contributed by atoms with Crippen LogP contribution in [-0.2, 0) is 5.41 Å². The van der Waals surface area contributed by atoms with Crippen LogP contribution in [-0.4, -0.2) is 13.7 Å². The van der Waals surface area contributed by atoms with Gasteiger partial charge in [0.05, 0.1) is 7.11 Å². The summed E-state index contributed by atoms with van der Waals surface area (Å²) in [6, 6.07) is 1.97. The molecule has 2 N–H and O–H groups in total. The first-order chi connectivity index (χ1) is 7.35. The number of benzene rings is 1. The van der Waals surface area contributed by atoms with Gasteiger partial charge in [-0.1, -0.05) is 25.4 Å². The molecule has 0 unspecified atom stereocenters. The quantitative estimate of drug-likeness (QED) is 0.882. The second-order valence-corrected chi connectivity index (χ2v) is 5.18. The van der Waals surface area contributed by atoms with Gasteiger partial charge in [0, 0.05) is 22.5 Å². The van der Waals surface area contributed by atoms with Gasteiger partial charge < -0.3 is 10.5 Å². The molecular weight excluding hydrogens is 222 g/mol. The monoisotopic (exact) mass is 241 g/mol. The molecule has 0 amide bonds. The third-order valence-corrected chi connectivity index (χ3v) is 3.63. The van der Waals surface area contributed by atoms with Gasteiger partial charge in [0.1, 0.15) is 5.75 Å². The molecule has 90 valence electrons. The summed E-state index contributed by atoms with van der Waals surface area (Å²) in [5.74, 6) is 0.870. The molecule has 3 heteroatoms. The van der Waals surface area contributed by atoms with E-state index < -0.39 is 0 Å². The Morgan fingerprint density at radius 3 is 2.38 bits per heavy atom. The van der Waals surface area contributed by atoms with E-state index in [0.717, 1.165) is 27.5 Å². The average Bonchev–Trinajstić information content (AvgIpc) is 2.24. The minimum absolute atomic E-state index is 0.132. The van der Waals surface area contributed by atoms with Gasteiger partial charge in [-0.3, -0.25) is 0 Å². The molecule has 1 aromatic rings. The van der Waals surface area contributed by atoms with Crippen LogP contribution in [0.15, 0.2) is 6.07 Å². The van der Waals surface area contributed by atoms with Crippen molar-refractivity contribution in [3.8, 4) is 5.75 Å². The van der Waals surface area contributed by atoms with Crippen molar-refractivity contribution in [1.82, 2.24) is 0 Å². The fraction of sp³-hybridized carbons (Fsp3) is 0.538. The largest absolute Gasteiger partial charge is 0.496 e. The summed E-state index contributed by atoms with van der Waals surface area (Å²) in [6.07, 6.45) is 0. The lowest BCUT2D eigenvalue weighted by molar-refractivity contribution is 0.392. The van der Waals surface area contributed by atoms with Gasteiger partial charge in [0.25, 0.3) is 0 Å². The van der Waals surface area contributed by atoms with E-state index in [1.165, 1.54) is 0 Å². The van der Waals surface area contributed by atoms with Crippen LogP contribution >= 0.6 is 11.6 Å². The topological polar surface area (TPSA) is 35.2 Å². The number of halogens is 1. The molecule has 0 atom stereocenters. The number of nitrogens with two attached hydrogens (primary N) is 1. The van der Waals surface area contributed by atoms with Gasteiger partial charge in [-0.2, -0.15) is 0 Å². The highest BCUT2D eigenvalue weighted by atomic mass is 35.5. The van der Waals surface area contributed by atoms with E-state index in [2.05, 4.69) is 13.8 Å². The molecule has 2 nitrogen and oxygen atoms in total. The van der Waals surface area contributed by atoms with Crippen molar-refractivity contribution in [1.29, 1.82) is 0 Å². The highest BCUT2D eigenvalue weighted by Crippen LogP contribution is 2.38. The van der Waals surface area contributed by atoms with Gasteiger partial charge in [-0.25, -0.2) is 0 Å². The van der Waals surface area contributed by atoms with Crippen LogP contribution in [0, 0.1) is 13.8 Å². The maximum atomic E-state index is 6.28. The summed E-state index contributed by atoms with van der Waals surface area (Å²) >= 11 is 6.28. The molecule has 0 aliphatic rings. The first-order valence-electron chi connectivity index (χ1n) is 5.39. The predicted octanol–water partition coefficient (Wildman–Crippen LogP) is 3.20. The smallest absolute Gasteiger partial charge is 0.123 e. The molecule has 0 aliphatic heterocycles. The van der Waals surface area contributed by atoms with E-state index in [1.807, 2.05) is 19.9 Å². The zero-order valence-electron chi connectivity index (χ0n) is 10.6. The van der Waals surface area contributed by atoms with E-state index in [-0.39, 0.29) is 5.41 Å². The van der Waals surface area contributed by atoms with Crippen molar-refractivity contribution in [2.75, 3.05) is 13.7 Å². The van der Waals surface area contributed by atoms with Crippen molar-refractivity contribution in [2.45, 2.75) is 33.1 Å². The molecule has 1 aromatic carbocycles. The van der Waals surface area contributed by atoms with Crippen LogP contribution < -0.4 is 10.5 Å². The van der Waals surface area contributed by atoms with Gasteiger partial charge in [0.15, 0.2) is 0 Å². The summed E-state index contributed by atoms with van der Waals surface area (Å²) < 4.78 is 5.44. The second kappa shape index (κ2) is 4.64. The van der Waals surface area contributed by atoms with E-state index in [4.69, 9.17) is 22.1 Å². The number of hydrogen-bond donors (Lipinski definition) is 1. The molecule has 1 rings (SSSR count). The highest BCUT2D eigenvalue weighted by Gasteiger charge is 2.26. The number of methoxy groups -OCH3 is 1. The molecule has 16 heavy (non-hydrogen) atoms. The van der Waals surface area contributed by atoms with Crippen LogP contribution in [0.2, 0.25) is 5.02 Å². The Morgan fingerprint density at radius 1 is 1.38 bits per heavy atom. The molecule has 0 radical (unpaired) electrons. The predicted molar refractivity (Wildman–Crippen MR) is 69.6 cm³/mol. The van der Waals surface area contributed by atoms with Crippen LogP contribution in [0.3, 0.4) is 0 Å². The Kier molecular flexibility index (Phi) is 3.87. The lowest BCUT2D eigenvalue weighted by Gasteiger charge is -2.28. The number of hydrogen-bond acceptors (Lipinski definition) is 2. The molecular formula is C13H20ClNO. The molecule has 0 bridgehead atoms. The lowest BCUT2D eigenvalue weighted by Crippen LogP contribution is -2.29. The molecule has 0 saturated heterocycles. The van der Waals surface area contributed by atoms with Gasteiger partial charge in [0.2, 0.25) is 0 Å². The second-order valence-electron chi connectivity index (χ2n) is 4.80. The summed E-state index contributed by atoms with van der Waals surface area (Å²) in [7, 11) is 1.68. The first kappa shape index (κ1) is 13.3. The van der Waals surface area contributed by atoms with Crippen LogP contribution in [0.1, 0.15) is 30.5 Å². The molecule has 0 aliphatic carbocycles. The van der Waals surface area contributed by atoms with Gasteiger partial charge in [-0.05, 0) is 31.0 Å². The molecule has 0 saturated carbocycles. The number of aryl methyl sites for hydroxylation is 1. The standard InChI is InChI=1S/C13H20ClNO/c1-8-6-10(16-5)11(9(2)12(8)14)13(3,4)7-15/h6H,7,15H2,1-5H3. The average molecular weight is 242 g/mol. The maximum absolute atomic E-state index is 6.28. The fourth-order valence-electron chi connectivity index (χ4n) is 2.03. The minimum atomic E-state index is -0.132. The number of rotatable bonds is 3. The SMILES string of the molecule is COc1cc(C)c(Cl)c(C)c1C(C)(C)CN. The zero-order chi connectivity index (χ0) is 12.5. The lowest BCUT2D eigenvalue weighted by atomic mass is 9.81. The summed E-state index contributed by atoms with van der Waals surface area (Å²) in [4.78, 5) is 0. The maximum Gasteiger partial charge on any atom is 0.123 e. The van der Waals surface area contributed by atoms with Crippen molar-refractivity contribution in [2.24, 2.45) is 5.73 Å². The Hall–Kier alpha value is -0.730. The fourth-order valence-corrected chi connectivity index (χ4v) is 2.18. The van der Waals surface area contributed by atoms with Gasteiger partial charge in [-0.15, -0.1) is 0 Å². The third-order valence-electron chi connectivity index (χ3n) is 3.05. The Morgan fingerprint density at radius 2 is 1.94 bits per heavy atom. The normalized spacial score (nSPS) is 11.7. The van der Waals surface area contributed by atoms with E-state index in [1.54, 1.807) is 7.11 Å². The van der Waals surface area contributed by atoms with Crippen molar-refractivity contribution in [3.63, 3.8) is 0 Å². The van der Waals surface area contributed by atoms with Crippen molar-refractivity contribution in [3.05, 3.63) is 27.8 Å². The Labute approximate surface area is 103 Å². The zero-order valence-corrected chi connectivity index (χ0v) is 11.4. The molecule has 0 heterocycles. The third kappa shape index (κ3) is 2.18. The van der Waals surface area contributed by atoms with E-state index >= 15 is 0 Å². The van der Waals surface area contributed by atoms with Crippen molar-refractivity contribution >= 4 is 11.6 Å². The van der Waals surface area contributed by atoms with E-state index in [9.17, 15) is 0 Å². The van der Waals surface area contributed by atoms with Crippen LogP contribution in [0.5, 0.6) is 5.75 Å². The molecule has 0 spiro atoms. The summed E-state index contributed by atoms with van der Waals surface area (Å²) in [5, 5.41) is 0.803. The molecule has 0 fully saturated rings. The van der Waals surface area contributed by atoms with Crippen LogP contribution in [0.4, 0.5) is 0 Å². The van der Waals surface area contributed by atoms with Crippen molar-refractivity contribution < 1.29 is 4.74 Å². The van der Waals surface area contributed by atoms with Crippen LogP contribution in [0.25, 0.3) is 0 Å².